The Labute approximate surface area is 90.1 Å². The number of hydrogen-bond donors (Lipinski definition) is 1. The molecule has 4 heteroatoms. The first kappa shape index (κ1) is 11.3. The SMILES string of the molecule is C#CCCOc1cc(NC)nc(CC)n1. The van der Waals surface area contributed by atoms with Crippen LogP contribution < -0.4 is 10.1 Å². The van der Waals surface area contributed by atoms with Crippen LogP contribution in [0.5, 0.6) is 5.88 Å². The Kier molecular flexibility index (Phi) is 4.42. The number of hydrogen-bond acceptors (Lipinski definition) is 4. The predicted molar refractivity (Wildman–Crippen MR) is 59.9 cm³/mol. The van der Waals surface area contributed by atoms with Gasteiger partial charge in [-0.15, -0.1) is 12.3 Å². The summed E-state index contributed by atoms with van der Waals surface area (Å²) >= 11 is 0. The van der Waals surface area contributed by atoms with Crippen LogP contribution >= 0.6 is 0 Å². The average Bonchev–Trinajstić information content (AvgIpc) is 2.29. The van der Waals surface area contributed by atoms with Crippen LogP contribution in [0.25, 0.3) is 0 Å². The van der Waals surface area contributed by atoms with Crippen LogP contribution in [0, 0.1) is 12.3 Å². The zero-order valence-electron chi connectivity index (χ0n) is 9.08. The van der Waals surface area contributed by atoms with Gasteiger partial charge in [-0.1, -0.05) is 6.92 Å². The van der Waals surface area contributed by atoms with Crippen molar-refractivity contribution < 1.29 is 4.74 Å². The summed E-state index contributed by atoms with van der Waals surface area (Å²) < 4.78 is 5.40. The fraction of sp³-hybridized carbons (Fsp3) is 0.455. The highest BCUT2D eigenvalue weighted by atomic mass is 16.5. The largest absolute Gasteiger partial charge is 0.477 e. The van der Waals surface area contributed by atoms with Gasteiger partial charge in [-0.2, -0.15) is 4.98 Å². The minimum Gasteiger partial charge on any atom is -0.477 e. The topological polar surface area (TPSA) is 47.0 Å². The van der Waals surface area contributed by atoms with Gasteiger partial charge in [0, 0.05) is 26.0 Å². The van der Waals surface area contributed by atoms with Crippen molar-refractivity contribution in [3.8, 4) is 18.2 Å². The van der Waals surface area contributed by atoms with Crippen molar-refractivity contribution in [2.45, 2.75) is 19.8 Å². The highest BCUT2D eigenvalue weighted by Gasteiger charge is 2.02. The molecule has 0 aromatic carbocycles. The Morgan fingerprint density at radius 3 is 2.93 bits per heavy atom. The van der Waals surface area contributed by atoms with Crippen LogP contribution in [0.15, 0.2) is 6.07 Å². The standard InChI is InChI=1S/C11H15N3O/c1-4-6-7-15-11-8-10(12-3)13-9(5-2)14-11/h1,8H,5-7H2,2-3H3,(H,12,13,14). The Morgan fingerprint density at radius 1 is 1.53 bits per heavy atom. The summed E-state index contributed by atoms with van der Waals surface area (Å²) in [5, 5.41) is 2.96. The van der Waals surface area contributed by atoms with Crippen molar-refractivity contribution >= 4 is 5.82 Å². The molecule has 4 nitrogen and oxygen atoms in total. The second kappa shape index (κ2) is 5.86. The zero-order chi connectivity index (χ0) is 11.1. The molecule has 0 spiro atoms. The van der Waals surface area contributed by atoms with E-state index in [0.717, 1.165) is 18.1 Å². The van der Waals surface area contributed by atoms with Crippen molar-refractivity contribution in [1.82, 2.24) is 9.97 Å². The number of aromatic nitrogens is 2. The molecule has 0 bridgehead atoms. The summed E-state index contributed by atoms with van der Waals surface area (Å²) in [6.45, 7) is 2.49. The van der Waals surface area contributed by atoms with Crippen molar-refractivity contribution in [2.75, 3.05) is 19.0 Å². The molecule has 0 amide bonds. The van der Waals surface area contributed by atoms with Crippen LogP contribution in [0.3, 0.4) is 0 Å². The van der Waals surface area contributed by atoms with Crippen molar-refractivity contribution in [3.63, 3.8) is 0 Å². The van der Waals surface area contributed by atoms with Gasteiger partial charge in [0.2, 0.25) is 5.88 Å². The smallest absolute Gasteiger partial charge is 0.218 e. The summed E-state index contributed by atoms with van der Waals surface area (Å²) in [5.74, 6) is 4.61. The van der Waals surface area contributed by atoms with E-state index in [2.05, 4.69) is 21.2 Å². The lowest BCUT2D eigenvalue weighted by atomic mass is 10.4. The maximum Gasteiger partial charge on any atom is 0.218 e. The Hall–Kier alpha value is -1.76. The maximum atomic E-state index is 5.40. The maximum absolute atomic E-state index is 5.40. The number of anilines is 1. The number of ether oxygens (including phenoxy) is 1. The molecule has 1 heterocycles. The number of nitrogens with zero attached hydrogens (tertiary/aromatic N) is 2. The number of aryl methyl sites for hydroxylation is 1. The summed E-state index contributed by atoms with van der Waals surface area (Å²) in [6.07, 6.45) is 6.49. The molecule has 80 valence electrons. The molecule has 0 radical (unpaired) electrons. The normalized spacial score (nSPS) is 9.40. The van der Waals surface area contributed by atoms with Gasteiger partial charge >= 0.3 is 0 Å². The lowest BCUT2D eigenvalue weighted by molar-refractivity contribution is 0.313. The molecule has 1 rings (SSSR count). The van der Waals surface area contributed by atoms with Crippen molar-refractivity contribution in [3.05, 3.63) is 11.9 Å². The fourth-order valence-electron chi connectivity index (χ4n) is 1.05. The third-order valence-electron chi connectivity index (χ3n) is 1.82. The summed E-state index contributed by atoms with van der Waals surface area (Å²) in [6, 6.07) is 1.76. The Balaban J connectivity index is 2.74. The second-order valence-corrected chi connectivity index (χ2v) is 2.91. The summed E-state index contributed by atoms with van der Waals surface area (Å²) in [4.78, 5) is 8.49. The molecule has 0 atom stereocenters. The molecule has 1 N–H and O–H groups in total. The Bertz CT molecular complexity index is 335. The predicted octanol–water partition coefficient (Wildman–Crippen LogP) is 1.48. The average molecular weight is 205 g/mol. The molecule has 0 aliphatic rings. The van der Waals surface area contributed by atoms with Gasteiger partial charge in [-0.25, -0.2) is 4.98 Å². The first-order valence-corrected chi connectivity index (χ1v) is 4.92. The molecular weight excluding hydrogens is 190 g/mol. The number of rotatable bonds is 5. The van der Waals surface area contributed by atoms with Gasteiger partial charge in [0.1, 0.15) is 18.2 Å². The monoisotopic (exact) mass is 205 g/mol. The van der Waals surface area contributed by atoms with Crippen molar-refractivity contribution in [1.29, 1.82) is 0 Å². The molecule has 0 aliphatic heterocycles. The molecule has 0 saturated heterocycles. The van der Waals surface area contributed by atoms with Crippen molar-refractivity contribution in [2.24, 2.45) is 0 Å². The van der Waals surface area contributed by atoms with Gasteiger partial charge < -0.3 is 10.1 Å². The molecule has 0 saturated carbocycles. The highest BCUT2D eigenvalue weighted by molar-refractivity contribution is 5.37. The molecule has 1 aromatic rings. The molecule has 0 fully saturated rings. The summed E-state index contributed by atoms with van der Waals surface area (Å²) in [5.41, 5.74) is 0. The molecular formula is C11H15N3O. The van der Waals surface area contributed by atoms with Gasteiger partial charge in [0.15, 0.2) is 0 Å². The lowest BCUT2D eigenvalue weighted by Gasteiger charge is -2.07. The van der Waals surface area contributed by atoms with E-state index < -0.39 is 0 Å². The number of nitrogens with one attached hydrogen (secondary N) is 1. The van der Waals surface area contributed by atoms with E-state index >= 15 is 0 Å². The van der Waals surface area contributed by atoms with E-state index in [4.69, 9.17) is 11.2 Å². The quantitative estimate of drug-likeness (QED) is 0.584. The van der Waals surface area contributed by atoms with Crippen LogP contribution in [-0.4, -0.2) is 23.6 Å². The molecule has 1 aromatic heterocycles. The first-order valence-electron chi connectivity index (χ1n) is 4.92. The van der Waals surface area contributed by atoms with Crippen LogP contribution in [-0.2, 0) is 6.42 Å². The van der Waals surface area contributed by atoms with Gasteiger partial charge in [0.05, 0.1) is 0 Å². The number of terminal acetylenes is 1. The molecule has 15 heavy (non-hydrogen) atoms. The first-order chi connectivity index (χ1) is 7.30. The van der Waals surface area contributed by atoms with E-state index in [9.17, 15) is 0 Å². The van der Waals surface area contributed by atoms with Crippen LogP contribution in [0.4, 0.5) is 5.82 Å². The minimum atomic E-state index is 0.486. The Morgan fingerprint density at radius 2 is 2.33 bits per heavy atom. The van der Waals surface area contributed by atoms with E-state index in [0.29, 0.717) is 18.9 Å². The van der Waals surface area contributed by atoms with Gasteiger partial charge in [0.25, 0.3) is 0 Å². The third kappa shape index (κ3) is 3.47. The summed E-state index contributed by atoms with van der Waals surface area (Å²) in [7, 11) is 1.81. The van der Waals surface area contributed by atoms with E-state index in [-0.39, 0.29) is 0 Å². The van der Waals surface area contributed by atoms with E-state index in [1.807, 2.05) is 14.0 Å². The molecule has 0 unspecified atom stereocenters. The molecule has 0 aliphatic carbocycles. The highest BCUT2D eigenvalue weighted by Crippen LogP contribution is 2.13. The van der Waals surface area contributed by atoms with Crippen LogP contribution in [0.2, 0.25) is 0 Å². The van der Waals surface area contributed by atoms with E-state index in [1.165, 1.54) is 0 Å². The third-order valence-corrected chi connectivity index (χ3v) is 1.82. The van der Waals surface area contributed by atoms with Gasteiger partial charge in [-0.3, -0.25) is 0 Å². The zero-order valence-corrected chi connectivity index (χ0v) is 9.08. The minimum absolute atomic E-state index is 0.486. The van der Waals surface area contributed by atoms with Gasteiger partial charge in [-0.05, 0) is 0 Å². The second-order valence-electron chi connectivity index (χ2n) is 2.91. The fourth-order valence-corrected chi connectivity index (χ4v) is 1.05. The van der Waals surface area contributed by atoms with E-state index in [1.54, 1.807) is 6.07 Å². The van der Waals surface area contributed by atoms with Crippen LogP contribution in [0.1, 0.15) is 19.2 Å². The lowest BCUT2D eigenvalue weighted by Crippen LogP contribution is -2.04.